The number of nitro benzene ring substituents is 1. The second-order valence-corrected chi connectivity index (χ2v) is 6.25. The predicted molar refractivity (Wildman–Crippen MR) is 86.7 cm³/mol. The SMILES string of the molecule is O=C(Cc1ccc([N+](=O)[O-])cc1)N1CCN(C(S)S)CC1. The number of hydrogen-bond acceptors (Lipinski definition) is 6. The highest BCUT2D eigenvalue weighted by atomic mass is 32.2. The Labute approximate surface area is 134 Å². The van der Waals surface area contributed by atoms with Crippen molar-refractivity contribution in [1.82, 2.24) is 9.80 Å². The van der Waals surface area contributed by atoms with Crippen molar-refractivity contribution in [2.75, 3.05) is 26.2 Å². The molecule has 0 bridgehead atoms. The second kappa shape index (κ2) is 7.15. The summed E-state index contributed by atoms with van der Waals surface area (Å²) < 4.78 is -0.100. The lowest BCUT2D eigenvalue weighted by atomic mass is 10.1. The zero-order valence-electron chi connectivity index (χ0n) is 11.4. The quantitative estimate of drug-likeness (QED) is 0.380. The summed E-state index contributed by atoms with van der Waals surface area (Å²) in [5.41, 5.74) is 0.822. The molecular formula is C13H17N3O3S2. The molecule has 1 amide bonds. The first-order valence-corrected chi connectivity index (χ1v) is 7.62. The molecule has 1 aliphatic rings. The molecule has 0 spiro atoms. The average Bonchev–Trinajstić information content (AvgIpc) is 2.47. The van der Waals surface area contributed by atoms with Crippen LogP contribution in [0.4, 0.5) is 5.69 Å². The molecule has 21 heavy (non-hydrogen) atoms. The van der Waals surface area contributed by atoms with Crippen molar-refractivity contribution in [3.05, 3.63) is 39.9 Å². The van der Waals surface area contributed by atoms with Crippen LogP contribution in [0.5, 0.6) is 0 Å². The molecule has 1 aliphatic heterocycles. The molecule has 0 saturated carbocycles. The van der Waals surface area contributed by atoms with Crippen molar-refractivity contribution in [3.63, 3.8) is 0 Å². The van der Waals surface area contributed by atoms with Crippen molar-refractivity contribution in [1.29, 1.82) is 0 Å². The zero-order valence-corrected chi connectivity index (χ0v) is 13.2. The van der Waals surface area contributed by atoms with Crippen LogP contribution in [0.15, 0.2) is 24.3 Å². The Morgan fingerprint density at radius 3 is 2.24 bits per heavy atom. The Morgan fingerprint density at radius 2 is 1.76 bits per heavy atom. The molecule has 8 heteroatoms. The number of hydrogen-bond donors (Lipinski definition) is 2. The van der Waals surface area contributed by atoms with Gasteiger partial charge in [0.15, 0.2) is 0 Å². The normalized spacial score (nSPS) is 16.2. The summed E-state index contributed by atoms with van der Waals surface area (Å²) in [7, 11) is 0. The first-order chi connectivity index (χ1) is 9.97. The van der Waals surface area contributed by atoms with Crippen LogP contribution >= 0.6 is 25.3 Å². The van der Waals surface area contributed by atoms with Crippen LogP contribution in [-0.2, 0) is 11.2 Å². The van der Waals surface area contributed by atoms with Crippen LogP contribution in [0.25, 0.3) is 0 Å². The molecule has 1 heterocycles. The molecule has 0 radical (unpaired) electrons. The average molecular weight is 327 g/mol. The first kappa shape index (κ1) is 16.1. The van der Waals surface area contributed by atoms with Gasteiger partial charge in [-0.2, -0.15) is 0 Å². The number of carbonyl (C=O) groups excluding carboxylic acids is 1. The van der Waals surface area contributed by atoms with Gasteiger partial charge in [-0.05, 0) is 5.56 Å². The second-order valence-electron chi connectivity index (χ2n) is 4.86. The summed E-state index contributed by atoms with van der Waals surface area (Å²) in [6.45, 7) is 2.82. The molecule has 0 aliphatic carbocycles. The van der Waals surface area contributed by atoms with Gasteiger partial charge in [-0.1, -0.05) is 12.1 Å². The Hall–Kier alpha value is -1.25. The van der Waals surface area contributed by atoms with E-state index in [1.54, 1.807) is 12.1 Å². The summed E-state index contributed by atoms with van der Waals surface area (Å²) in [4.78, 5) is 26.2. The van der Waals surface area contributed by atoms with E-state index >= 15 is 0 Å². The minimum atomic E-state index is -0.448. The maximum atomic E-state index is 12.2. The lowest BCUT2D eigenvalue weighted by molar-refractivity contribution is -0.384. The minimum absolute atomic E-state index is 0.0356. The largest absolute Gasteiger partial charge is 0.340 e. The molecule has 114 valence electrons. The van der Waals surface area contributed by atoms with Gasteiger partial charge in [-0.25, -0.2) is 0 Å². The van der Waals surface area contributed by atoms with Gasteiger partial charge < -0.3 is 4.90 Å². The fraction of sp³-hybridized carbons (Fsp3) is 0.462. The van der Waals surface area contributed by atoms with E-state index in [0.717, 1.165) is 18.7 Å². The fourth-order valence-electron chi connectivity index (χ4n) is 2.22. The Bertz CT molecular complexity index is 514. The van der Waals surface area contributed by atoms with Crippen molar-refractivity contribution in [2.24, 2.45) is 0 Å². The molecular weight excluding hydrogens is 310 g/mol. The van der Waals surface area contributed by atoms with Crippen molar-refractivity contribution < 1.29 is 9.72 Å². The fourth-order valence-corrected chi connectivity index (χ4v) is 2.69. The number of nitrogens with zero attached hydrogens (tertiary/aromatic N) is 3. The van der Waals surface area contributed by atoms with Crippen molar-refractivity contribution in [3.8, 4) is 0 Å². The molecule has 1 aromatic carbocycles. The smallest absolute Gasteiger partial charge is 0.269 e. The van der Waals surface area contributed by atoms with Gasteiger partial charge in [0.05, 0.1) is 16.1 Å². The maximum Gasteiger partial charge on any atom is 0.269 e. The third-order valence-corrected chi connectivity index (χ3v) is 4.15. The third-order valence-electron chi connectivity index (χ3n) is 3.50. The van der Waals surface area contributed by atoms with E-state index in [2.05, 4.69) is 30.2 Å². The van der Waals surface area contributed by atoms with E-state index in [4.69, 9.17) is 0 Å². The highest BCUT2D eigenvalue weighted by molar-refractivity contribution is 7.99. The molecule has 6 nitrogen and oxygen atoms in total. The van der Waals surface area contributed by atoms with Crippen molar-refractivity contribution >= 4 is 36.9 Å². The van der Waals surface area contributed by atoms with E-state index < -0.39 is 4.92 Å². The highest BCUT2D eigenvalue weighted by Gasteiger charge is 2.23. The standard InChI is InChI=1S/C13H17N3O3S2/c17-12(14-5-7-15(8-6-14)13(20)21)9-10-1-3-11(4-2-10)16(18)19/h1-4,13,20-21H,5-9H2. The Morgan fingerprint density at radius 1 is 1.19 bits per heavy atom. The molecule has 1 aromatic rings. The topological polar surface area (TPSA) is 66.7 Å². The van der Waals surface area contributed by atoms with Crippen molar-refractivity contribution in [2.45, 2.75) is 11.1 Å². The maximum absolute atomic E-state index is 12.2. The summed E-state index contributed by atoms with van der Waals surface area (Å²) in [5, 5.41) is 10.6. The van der Waals surface area contributed by atoms with E-state index in [1.807, 2.05) is 4.90 Å². The van der Waals surface area contributed by atoms with E-state index in [1.165, 1.54) is 12.1 Å². The van der Waals surface area contributed by atoms with E-state index in [-0.39, 0.29) is 22.7 Å². The highest BCUT2D eigenvalue weighted by Crippen LogP contribution is 2.15. The van der Waals surface area contributed by atoms with E-state index in [0.29, 0.717) is 13.1 Å². The molecule has 2 rings (SSSR count). The zero-order chi connectivity index (χ0) is 15.4. The van der Waals surface area contributed by atoms with Crippen LogP contribution in [-0.4, -0.2) is 51.5 Å². The molecule has 0 aromatic heterocycles. The number of carbonyl (C=O) groups is 1. The molecule has 0 unspecified atom stereocenters. The van der Waals surface area contributed by atoms with Gasteiger partial charge in [0.1, 0.15) is 0 Å². The molecule has 1 saturated heterocycles. The molecule has 0 atom stereocenters. The first-order valence-electron chi connectivity index (χ1n) is 6.58. The summed E-state index contributed by atoms with van der Waals surface area (Å²) >= 11 is 8.52. The lowest BCUT2D eigenvalue weighted by Gasteiger charge is -2.36. The van der Waals surface area contributed by atoms with Gasteiger partial charge in [-0.3, -0.25) is 19.8 Å². The van der Waals surface area contributed by atoms with E-state index in [9.17, 15) is 14.9 Å². The summed E-state index contributed by atoms with van der Waals surface area (Å²) in [6, 6.07) is 6.10. The number of rotatable bonds is 4. The van der Waals surface area contributed by atoms with Gasteiger partial charge in [0.2, 0.25) is 5.91 Å². The lowest BCUT2D eigenvalue weighted by Crippen LogP contribution is -2.50. The molecule has 1 fully saturated rings. The van der Waals surface area contributed by atoms with Crippen LogP contribution in [0.2, 0.25) is 0 Å². The summed E-state index contributed by atoms with van der Waals surface area (Å²) in [5.74, 6) is 0.0402. The Kier molecular flexibility index (Phi) is 5.49. The number of non-ortho nitro benzene ring substituents is 1. The van der Waals surface area contributed by atoms with Gasteiger partial charge in [-0.15, -0.1) is 25.3 Å². The van der Waals surface area contributed by atoms with Crippen LogP contribution in [0.1, 0.15) is 5.56 Å². The predicted octanol–water partition coefficient (Wildman–Crippen LogP) is 1.42. The van der Waals surface area contributed by atoms with Crippen LogP contribution in [0.3, 0.4) is 0 Å². The Balaban J connectivity index is 1.89. The summed E-state index contributed by atoms with van der Waals surface area (Å²) in [6.07, 6.45) is 0.267. The molecule has 0 N–H and O–H groups in total. The minimum Gasteiger partial charge on any atom is -0.340 e. The monoisotopic (exact) mass is 327 g/mol. The number of thiol groups is 2. The number of piperazine rings is 1. The van der Waals surface area contributed by atoms with Gasteiger partial charge >= 0.3 is 0 Å². The van der Waals surface area contributed by atoms with Crippen LogP contribution < -0.4 is 0 Å². The van der Waals surface area contributed by atoms with Gasteiger partial charge in [0, 0.05) is 38.3 Å². The van der Waals surface area contributed by atoms with Gasteiger partial charge in [0.25, 0.3) is 5.69 Å². The number of nitro groups is 1. The van der Waals surface area contributed by atoms with Crippen LogP contribution in [0, 0.1) is 10.1 Å². The number of amides is 1. The number of benzene rings is 1. The third kappa shape index (κ3) is 4.36.